The second-order valence-corrected chi connectivity index (χ2v) is 6.70. The molecule has 21 heavy (non-hydrogen) atoms. The minimum atomic E-state index is -0.802. The van der Waals surface area contributed by atoms with E-state index in [2.05, 4.69) is 45.2 Å². The van der Waals surface area contributed by atoms with E-state index in [1.165, 1.54) is 0 Å². The van der Waals surface area contributed by atoms with Crippen LogP contribution in [0.2, 0.25) is 0 Å². The van der Waals surface area contributed by atoms with Gasteiger partial charge in [-0.1, -0.05) is 12.1 Å². The van der Waals surface area contributed by atoms with Crippen molar-refractivity contribution >= 4 is 51.2 Å². The SMILES string of the molecule is O=C(O)CCc1ccc(Oc2cc(I)c(O)c(I)c2)cc1. The first-order valence-electron chi connectivity index (χ1n) is 6.12. The third-order valence-electron chi connectivity index (χ3n) is 2.78. The first kappa shape index (κ1) is 16.3. The average Bonchev–Trinajstić information content (AvgIpc) is 2.44. The molecule has 2 aromatic carbocycles. The molecule has 0 aliphatic rings. The number of rotatable bonds is 5. The molecule has 2 rings (SSSR count). The number of phenolic OH excluding ortho intramolecular Hbond substituents is 1. The number of aromatic hydroxyl groups is 1. The summed E-state index contributed by atoms with van der Waals surface area (Å²) in [5.74, 6) is 0.780. The van der Waals surface area contributed by atoms with E-state index in [4.69, 9.17) is 9.84 Å². The van der Waals surface area contributed by atoms with E-state index in [1.54, 1.807) is 12.1 Å². The van der Waals surface area contributed by atoms with Gasteiger partial charge in [0.1, 0.15) is 17.2 Å². The van der Waals surface area contributed by atoms with Gasteiger partial charge in [0, 0.05) is 6.42 Å². The topological polar surface area (TPSA) is 66.8 Å². The quantitative estimate of drug-likeness (QED) is 0.586. The Bertz CT molecular complexity index is 630. The van der Waals surface area contributed by atoms with Crippen molar-refractivity contribution in [3.63, 3.8) is 0 Å². The Morgan fingerprint density at radius 3 is 2.14 bits per heavy atom. The Morgan fingerprint density at radius 1 is 1.05 bits per heavy atom. The average molecular weight is 510 g/mol. The summed E-state index contributed by atoms with van der Waals surface area (Å²) in [6.07, 6.45) is 0.624. The Hall–Kier alpha value is -1.03. The molecule has 6 heteroatoms. The standard InChI is InChI=1S/C15H12I2O4/c16-12-7-11(8-13(17)15(12)20)21-10-4-1-9(2-5-10)3-6-14(18)19/h1-2,4-5,7-8,20H,3,6H2,(H,18,19). The van der Waals surface area contributed by atoms with Crippen molar-refractivity contribution in [1.29, 1.82) is 0 Å². The molecule has 0 atom stereocenters. The molecular weight excluding hydrogens is 498 g/mol. The van der Waals surface area contributed by atoms with Crippen molar-refractivity contribution in [2.24, 2.45) is 0 Å². The van der Waals surface area contributed by atoms with Crippen LogP contribution in [-0.2, 0) is 11.2 Å². The monoisotopic (exact) mass is 510 g/mol. The summed E-state index contributed by atoms with van der Waals surface area (Å²) in [5.41, 5.74) is 0.958. The van der Waals surface area contributed by atoms with Crippen LogP contribution in [0.4, 0.5) is 0 Å². The second kappa shape index (κ2) is 7.30. The lowest BCUT2D eigenvalue weighted by atomic mass is 10.1. The molecule has 0 fully saturated rings. The number of carboxylic acids is 1. The fourth-order valence-corrected chi connectivity index (χ4v) is 3.42. The molecule has 0 amide bonds. The van der Waals surface area contributed by atoms with Gasteiger partial charge in [0.15, 0.2) is 0 Å². The number of carbonyl (C=O) groups is 1. The number of benzene rings is 2. The summed E-state index contributed by atoms with van der Waals surface area (Å²) in [5, 5.41) is 18.4. The molecule has 4 nitrogen and oxygen atoms in total. The molecule has 0 bridgehead atoms. The van der Waals surface area contributed by atoms with Crippen molar-refractivity contribution in [3.05, 3.63) is 49.1 Å². The zero-order valence-corrected chi connectivity index (χ0v) is 15.2. The van der Waals surface area contributed by atoms with Gasteiger partial charge in [0.25, 0.3) is 0 Å². The van der Waals surface area contributed by atoms with Gasteiger partial charge in [-0.3, -0.25) is 4.79 Å². The summed E-state index contributed by atoms with van der Waals surface area (Å²) in [7, 11) is 0. The van der Waals surface area contributed by atoms with Crippen molar-refractivity contribution in [3.8, 4) is 17.2 Å². The zero-order valence-electron chi connectivity index (χ0n) is 10.8. The normalized spacial score (nSPS) is 10.4. The fraction of sp³-hybridized carbons (Fsp3) is 0.133. The first-order valence-corrected chi connectivity index (χ1v) is 8.28. The maximum atomic E-state index is 10.5. The van der Waals surface area contributed by atoms with E-state index >= 15 is 0 Å². The van der Waals surface area contributed by atoms with E-state index in [1.807, 2.05) is 24.3 Å². The van der Waals surface area contributed by atoms with Crippen LogP contribution >= 0.6 is 45.2 Å². The third-order valence-corrected chi connectivity index (χ3v) is 4.42. The second-order valence-electron chi connectivity index (χ2n) is 4.38. The Labute approximate surface area is 149 Å². The number of halogens is 2. The zero-order chi connectivity index (χ0) is 15.4. The van der Waals surface area contributed by atoms with Gasteiger partial charge in [-0.2, -0.15) is 0 Å². The Morgan fingerprint density at radius 2 is 1.62 bits per heavy atom. The summed E-state index contributed by atoms with van der Waals surface area (Å²) in [6.45, 7) is 0. The number of phenols is 1. The van der Waals surface area contributed by atoms with Crippen molar-refractivity contribution < 1.29 is 19.7 Å². The van der Waals surface area contributed by atoms with E-state index in [9.17, 15) is 9.90 Å². The highest BCUT2D eigenvalue weighted by molar-refractivity contribution is 14.1. The Kier molecular flexibility index (Phi) is 5.68. The minimum absolute atomic E-state index is 0.120. The minimum Gasteiger partial charge on any atom is -0.506 e. The molecule has 0 aromatic heterocycles. The summed E-state index contributed by atoms with van der Waals surface area (Å²) >= 11 is 4.10. The highest BCUT2D eigenvalue weighted by Crippen LogP contribution is 2.32. The Balaban J connectivity index is 2.08. The lowest BCUT2D eigenvalue weighted by molar-refractivity contribution is -0.136. The van der Waals surface area contributed by atoms with Crippen LogP contribution < -0.4 is 4.74 Å². The van der Waals surface area contributed by atoms with Gasteiger partial charge in [0.2, 0.25) is 0 Å². The van der Waals surface area contributed by atoms with E-state index in [0.29, 0.717) is 17.9 Å². The van der Waals surface area contributed by atoms with Crippen LogP contribution in [0.5, 0.6) is 17.2 Å². The highest BCUT2D eigenvalue weighted by atomic mass is 127. The van der Waals surface area contributed by atoms with Crippen LogP contribution in [0.1, 0.15) is 12.0 Å². The van der Waals surface area contributed by atoms with Gasteiger partial charge < -0.3 is 14.9 Å². The van der Waals surface area contributed by atoms with Crippen molar-refractivity contribution in [1.82, 2.24) is 0 Å². The first-order chi connectivity index (χ1) is 9.95. The van der Waals surface area contributed by atoms with E-state index < -0.39 is 5.97 Å². The number of aliphatic carboxylic acids is 1. The van der Waals surface area contributed by atoms with Crippen LogP contribution in [-0.4, -0.2) is 16.2 Å². The number of hydrogen-bond acceptors (Lipinski definition) is 3. The molecule has 0 aliphatic heterocycles. The van der Waals surface area contributed by atoms with E-state index in [-0.39, 0.29) is 12.2 Å². The molecule has 0 aliphatic carbocycles. The van der Waals surface area contributed by atoms with Crippen LogP contribution in [0.15, 0.2) is 36.4 Å². The van der Waals surface area contributed by atoms with Crippen molar-refractivity contribution in [2.75, 3.05) is 0 Å². The van der Waals surface area contributed by atoms with Gasteiger partial charge in [-0.05, 0) is 81.4 Å². The molecule has 0 radical (unpaired) electrons. The van der Waals surface area contributed by atoms with E-state index in [0.717, 1.165) is 12.7 Å². The number of aryl methyl sites for hydroxylation is 1. The van der Waals surface area contributed by atoms with Crippen LogP contribution in [0.25, 0.3) is 0 Å². The lowest BCUT2D eigenvalue weighted by Gasteiger charge is -2.09. The van der Waals surface area contributed by atoms with Crippen LogP contribution in [0.3, 0.4) is 0 Å². The summed E-state index contributed by atoms with van der Waals surface area (Å²) in [4.78, 5) is 10.5. The molecule has 2 aromatic rings. The predicted octanol–water partition coefficient (Wildman–Crippen LogP) is 4.41. The maximum absolute atomic E-state index is 10.5. The maximum Gasteiger partial charge on any atom is 0.303 e. The molecule has 110 valence electrons. The highest BCUT2D eigenvalue weighted by Gasteiger charge is 2.07. The van der Waals surface area contributed by atoms with Gasteiger partial charge >= 0.3 is 5.97 Å². The van der Waals surface area contributed by atoms with Crippen LogP contribution in [0, 0.1) is 7.14 Å². The molecular formula is C15H12I2O4. The molecule has 0 heterocycles. The molecule has 0 saturated carbocycles. The molecule has 0 saturated heterocycles. The summed E-state index contributed by atoms with van der Waals surface area (Å²) < 4.78 is 7.20. The van der Waals surface area contributed by atoms with Gasteiger partial charge in [-0.15, -0.1) is 0 Å². The fourth-order valence-electron chi connectivity index (χ4n) is 1.71. The largest absolute Gasteiger partial charge is 0.506 e. The third kappa shape index (κ3) is 4.73. The molecule has 0 unspecified atom stereocenters. The van der Waals surface area contributed by atoms with Gasteiger partial charge in [-0.25, -0.2) is 0 Å². The number of hydrogen-bond donors (Lipinski definition) is 2. The van der Waals surface area contributed by atoms with Crippen molar-refractivity contribution in [2.45, 2.75) is 12.8 Å². The number of ether oxygens (including phenoxy) is 1. The number of carboxylic acid groups (broad SMARTS) is 1. The smallest absolute Gasteiger partial charge is 0.303 e. The summed E-state index contributed by atoms with van der Waals surface area (Å²) in [6, 6.07) is 10.9. The molecule has 2 N–H and O–H groups in total. The molecule has 0 spiro atoms. The lowest BCUT2D eigenvalue weighted by Crippen LogP contribution is -1.97. The predicted molar refractivity (Wildman–Crippen MR) is 96.0 cm³/mol. The van der Waals surface area contributed by atoms with Gasteiger partial charge in [0.05, 0.1) is 7.14 Å².